The van der Waals surface area contributed by atoms with E-state index in [1.165, 1.54) is 6.42 Å². The zero-order valence-corrected chi connectivity index (χ0v) is 4.55. The van der Waals surface area contributed by atoms with Crippen LogP contribution in [-0.2, 0) is 0 Å². The second-order valence-corrected chi connectivity index (χ2v) is 2.12. The van der Waals surface area contributed by atoms with Crippen LogP contribution in [0.2, 0.25) is 0 Å². The topological polar surface area (TPSA) is 26.3 Å². The molecular weight excluding hydrogens is 90.1 g/mol. The summed E-state index contributed by atoms with van der Waals surface area (Å²) < 4.78 is 0. The molecule has 0 aromatic carbocycles. The minimum absolute atomic E-state index is 0.706. The van der Waals surface area contributed by atoms with Gasteiger partial charge in [-0.2, -0.15) is 0 Å². The molecule has 0 spiro atoms. The van der Waals surface area contributed by atoms with Crippen LogP contribution in [0.5, 0.6) is 0 Å². The Morgan fingerprint density at radius 2 is 2.29 bits per heavy atom. The first-order valence-corrected chi connectivity index (χ1v) is 2.75. The number of nitrogens with zero attached hydrogens (tertiary/aromatic N) is 1. The first-order valence-electron chi connectivity index (χ1n) is 2.75. The molecule has 0 N–H and O–H groups in total. The van der Waals surface area contributed by atoms with E-state index in [2.05, 4.69) is 6.92 Å². The summed E-state index contributed by atoms with van der Waals surface area (Å²) in [6.07, 6.45) is 1.17. The van der Waals surface area contributed by atoms with Crippen molar-refractivity contribution >= 4 is 0 Å². The Morgan fingerprint density at radius 1 is 1.71 bits per heavy atom. The van der Waals surface area contributed by atoms with Crippen molar-refractivity contribution in [2.24, 2.45) is 5.92 Å². The molecular formula is C5H10NO-. The normalized spacial score (nSPS) is 24.9. The maximum absolute atomic E-state index is 10.2. The van der Waals surface area contributed by atoms with Gasteiger partial charge in [0.25, 0.3) is 0 Å². The Morgan fingerprint density at radius 3 is 2.43 bits per heavy atom. The van der Waals surface area contributed by atoms with Crippen molar-refractivity contribution in [2.45, 2.75) is 13.3 Å². The average molecular weight is 100 g/mol. The van der Waals surface area contributed by atoms with E-state index in [9.17, 15) is 5.21 Å². The van der Waals surface area contributed by atoms with Crippen molar-refractivity contribution in [3.05, 3.63) is 5.21 Å². The van der Waals surface area contributed by atoms with Crippen LogP contribution < -0.4 is 0 Å². The third kappa shape index (κ3) is 0.924. The monoisotopic (exact) mass is 100 g/mol. The van der Waals surface area contributed by atoms with E-state index in [1.807, 2.05) is 0 Å². The van der Waals surface area contributed by atoms with Crippen LogP contribution >= 0.6 is 0 Å². The minimum atomic E-state index is 0.706. The van der Waals surface area contributed by atoms with Gasteiger partial charge in [0.15, 0.2) is 0 Å². The third-order valence-electron chi connectivity index (χ3n) is 1.50. The Hall–Kier alpha value is -0.0800. The highest BCUT2D eigenvalue weighted by Gasteiger charge is 2.15. The summed E-state index contributed by atoms with van der Waals surface area (Å²) in [5.74, 6) is 0.706. The molecule has 2 heteroatoms. The Balaban J connectivity index is 2.06. The van der Waals surface area contributed by atoms with Gasteiger partial charge in [-0.25, -0.2) is 0 Å². The van der Waals surface area contributed by atoms with Gasteiger partial charge in [0.2, 0.25) is 0 Å². The van der Waals surface area contributed by atoms with Gasteiger partial charge >= 0.3 is 0 Å². The lowest BCUT2D eigenvalue weighted by atomic mass is 10.0. The first kappa shape index (κ1) is 5.06. The molecule has 1 fully saturated rings. The molecule has 0 bridgehead atoms. The van der Waals surface area contributed by atoms with E-state index in [-0.39, 0.29) is 0 Å². The predicted octanol–water partition coefficient (Wildman–Crippen LogP) is 0.826. The molecule has 1 heterocycles. The standard InChI is InChI=1S/C5H10NO/c1-2-5-3-6(7)4-5/h5H,2-4H2,1H3/q-1. The molecule has 0 amide bonds. The van der Waals surface area contributed by atoms with E-state index in [0.29, 0.717) is 5.92 Å². The van der Waals surface area contributed by atoms with E-state index in [0.717, 1.165) is 18.2 Å². The Kier molecular flexibility index (Phi) is 1.30. The third-order valence-corrected chi connectivity index (χ3v) is 1.50. The summed E-state index contributed by atoms with van der Waals surface area (Å²) in [5, 5.41) is 11.3. The van der Waals surface area contributed by atoms with Gasteiger partial charge < -0.3 is 10.3 Å². The zero-order valence-electron chi connectivity index (χ0n) is 4.55. The minimum Gasteiger partial charge on any atom is -0.785 e. The van der Waals surface area contributed by atoms with E-state index >= 15 is 0 Å². The van der Waals surface area contributed by atoms with E-state index in [4.69, 9.17) is 0 Å². The molecule has 0 unspecified atom stereocenters. The van der Waals surface area contributed by atoms with Crippen LogP contribution in [0.3, 0.4) is 0 Å². The van der Waals surface area contributed by atoms with Gasteiger partial charge in [0.1, 0.15) is 0 Å². The number of rotatable bonds is 1. The van der Waals surface area contributed by atoms with Crippen molar-refractivity contribution in [2.75, 3.05) is 13.1 Å². The lowest BCUT2D eigenvalue weighted by molar-refractivity contribution is 0.157. The maximum atomic E-state index is 10.2. The first-order chi connectivity index (χ1) is 3.33. The van der Waals surface area contributed by atoms with Crippen LogP contribution in [0.1, 0.15) is 13.3 Å². The lowest BCUT2D eigenvalue weighted by Gasteiger charge is -2.44. The van der Waals surface area contributed by atoms with Crippen molar-refractivity contribution in [1.82, 2.24) is 5.06 Å². The highest BCUT2D eigenvalue weighted by atomic mass is 16.5. The molecule has 42 valence electrons. The van der Waals surface area contributed by atoms with Gasteiger partial charge in [-0.1, -0.05) is 13.3 Å². The summed E-state index contributed by atoms with van der Waals surface area (Å²) in [5.41, 5.74) is 0. The number of hydrogen-bond acceptors (Lipinski definition) is 2. The fourth-order valence-corrected chi connectivity index (χ4v) is 0.781. The highest BCUT2D eigenvalue weighted by Crippen LogP contribution is 2.15. The summed E-state index contributed by atoms with van der Waals surface area (Å²) in [6.45, 7) is 3.67. The molecule has 0 aliphatic carbocycles. The summed E-state index contributed by atoms with van der Waals surface area (Å²) in [6, 6.07) is 0. The van der Waals surface area contributed by atoms with Crippen LogP contribution in [0.15, 0.2) is 0 Å². The van der Waals surface area contributed by atoms with Crippen LogP contribution in [-0.4, -0.2) is 18.2 Å². The van der Waals surface area contributed by atoms with Gasteiger partial charge in [-0.3, -0.25) is 0 Å². The second kappa shape index (κ2) is 1.80. The molecule has 0 aromatic heterocycles. The zero-order chi connectivity index (χ0) is 5.28. The highest BCUT2D eigenvalue weighted by molar-refractivity contribution is 4.77. The number of hydroxylamine groups is 2. The molecule has 0 atom stereocenters. The molecule has 0 aromatic rings. The SMILES string of the molecule is CCC1CN([O-])C1. The van der Waals surface area contributed by atoms with Crippen LogP contribution in [0.25, 0.3) is 0 Å². The summed E-state index contributed by atoms with van der Waals surface area (Å²) in [7, 11) is 0. The van der Waals surface area contributed by atoms with Gasteiger partial charge in [-0.15, -0.1) is 0 Å². The fraction of sp³-hybridized carbons (Fsp3) is 1.00. The van der Waals surface area contributed by atoms with Gasteiger partial charge in [-0.05, 0) is 19.0 Å². The van der Waals surface area contributed by atoms with Crippen molar-refractivity contribution < 1.29 is 0 Å². The van der Waals surface area contributed by atoms with E-state index < -0.39 is 0 Å². The van der Waals surface area contributed by atoms with Crippen molar-refractivity contribution in [3.63, 3.8) is 0 Å². The average Bonchev–Trinajstić information content (AvgIpc) is 1.58. The van der Waals surface area contributed by atoms with Crippen LogP contribution in [0.4, 0.5) is 0 Å². The second-order valence-electron chi connectivity index (χ2n) is 2.12. The number of hydrogen-bond donors (Lipinski definition) is 0. The molecule has 7 heavy (non-hydrogen) atoms. The van der Waals surface area contributed by atoms with Crippen molar-refractivity contribution in [3.8, 4) is 0 Å². The molecule has 1 aliphatic rings. The quantitative estimate of drug-likeness (QED) is 0.487. The predicted molar refractivity (Wildman–Crippen MR) is 28.7 cm³/mol. The van der Waals surface area contributed by atoms with E-state index in [1.54, 1.807) is 0 Å². The molecule has 0 radical (unpaired) electrons. The molecule has 1 saturated heterocycles. The summed E-state index contributed by atoms with van der Waals surface area (Å²) in [4.78, 5) is 0. The van der Waals surface area contributed by atoms with Crippen molar-refractivity contribution in [1.29, 1.82) is 0 Å². The molecule has 1 rings (SSSR count). The largest absolute Gasteiger partial charge is 0.785 e. The smallest absolute Gasteiger partial charge is 0.0104 e. The van der Waals surface area contributed by atoms with Gasteiger partial charge in [0.05, 0.1) is 0 Å². The summed E-state index contributed by atoms with van der Waals surface area (Å²) >= 11 is 0. The Labute approximate surface area is 43.7 Å². The van der Waals surface area contributed by atoms with Gasteiger partial charge in [0, 0.05) is 0 Å². The lowest BCUT2D eigenvalue weighted by Crippen LogP contribution is -2.41. The molecule has 2 nitrogen and oxygen atoms in total. The van der Waals surface area contributed by atoms with Crippen LogP contribution in [0, 0.1) is 11.1 Å². The molecule has 1 aliphatic heterocycles. The Bertz CT molecular complexity index is 59.1. The fourth-order valence-electron chi connectivity index (χ4n) is 0.781. The maximum Gasteiger partial charge on any atom is -0.0104 e. The molecule has 0 saturated carbocycles.